The van der Waals surface area contributed by atoms with Gasteiger partial charge in [0.25, 0.3) is 0 Å². The van der Waals surface area contributed by atoms with E-state index in [1.165, 1.54) is 0 Å². The van der Waals surface area contributed by atoms with Crippen molar-refractivity contribution in [2.75, 3.05) is 46.2 Å². The molecule has 1 fully saturated rings. The Labute approximate surface area is 253 Å². The van der Waals surface area contributed by atoms with Crippen LogP contribution in [0.1, 0.15) is 58.2 Å². The lowest BCUT2D eigenvalue weighted by atomic mass is 9.85. The Morgan fingerprint density at radius 2 is 1.71 bits per heavy atom. The fourth-order valence-electron chi connectivity index (χ4n) is 4.76. The zero-order valence-electron chi connectivity index (χ0n) is 25.6. The summed E-state index contributed by atoms with van der Waals surface area (Å²) in [5.41, 5.74) is 4.37. The molecule has 42 heavy (non-hydrogen) atoms. The van der Waals surface area contributed by atoms with Gasteiger partial charge in [0, 0.05) is 26.1 Å². The number of thiazole rings is 1. The second kappa shape index (κ2) is 16.7. The summed E-state index contributed by atoms with van der Waals surface area (Å²) in [6.07, 6.45) is 1.45. The van der Waals surface area contributed by atoms with Crippen molar-refractivity contribution in [3.63, 3.8) is 0 Å². The van der Waals surface area contributed by atoms with E-state index in [4.69, 9.17) is 14.2 Å². The van der Waals surface area contributed by atoms with E-state index in [2.05, 4.69) is 15.6 Å². The minimum atomic E-state index is -0.761. The maximum Gasteiger partial charge on any atom is 0.246 e. The molecule has 3 rings (SSSR count). The van der Waals surface area contributed by atoms with Gasteiger partial charge in [-0.05, 0) is 43.2 Å². The average Bonchev–Trinajstić information content (AvgIpc) is 3.62. The number of aryl methyl sites for hydroxylation is 1. The Balaban J connectivity index is 1.48. The summed E-state index contributed by atoms with van der Waals surface area (Å²) < 4.78 is 16.1. The first kappa shape index (κ1) is 33.6. The maximum atomic E-state index is 13.7. The molecule has 11 heteroatoms. The number of ether oxygens (including phenoxy) is 3. The van der Waals surface area contributed by atoms with Crippen LogP contribution in [0.4, 0.5) is 0 Å². The molecule has 1 aromatic carbocycles. The zero-order valence-corrected chi connectivity index (χ0v) is 26.4. The Bertz CT molecular complexity index is 1150. The Morgan fingerprint density at radius 3 is 2.33 bits per heavy atom. The highest BCUT2D eigenvalue weighted by Gasteiger charge is 2.41. The smallest absolute Gasteiger partial charge is 0.246 e. The van der Waals surface area contributed by atoms with Gasteiger partial charge in [-0.1, -0.05) is 45.0 Å². The molecule has 232 valence electrons. The highest BCUT2D eigenvalue weighted by atomic mass is 32.1. The molecule has 0 aliphatic carbocycles. The quantitative estimate of drug-likeness (QED) is 0.281. The van der Waals surface area contributed by atoms with E-state index in [-0.39, 0.29) is 30.7 Å². The number of hydrogen-bond acceptors (Lipinski definition) is 8. The molecular formula is C31H46N4O6S. The van der Waals surface area contributed by atoms with E-state index in [0.717, 1.165) is 28.1 Å². The third kappa shape index (κ3) is 10.1. The Kier molecular flexibility index (Phi) is 13.4. The van der Waals surface area contributed by atoms with E-state index in [9.17, 15) is 14.4 Å². The van der Waals surface area contributed by atoms with E-state index in [0.29, 0.717) is 52.5 Å². The van der Waals surface area contributed by atoms with Crippen LogP contribution in [0.2, 0.25) is 0 Å². The van der Waals surface area contributed by atoms with Gasteiger partial charge in [0.05, 0.1) is 49.1 Å². The summed E-state index contributed by atoms with van der Waals surface area (Å²) in [7, 11) is 0. The lowest BCUT2D eigenvalue weighted by Crippen LogP contribution is -2.57. The number of hydrogen-bond donors (Lipinski definition) is 2. The second-order valence-electron chi connectivity index (χ2n) is 11.4. The normalized spacial score (nSPS) is 15.9. The van der Waals surface area contributed by atoms with Gasteiger partial charge >= 0.3 is 0 Å². The number of carbonyl (C=O) groups is 3. The second-order valence-corrected chi connectivity index (χ2v) is 12.3. The van der Waals surface area contributed by atoms with Gasteiger partial charge in [-0.2, -0.15) is 0 Å². The number of rotatable bonds is 16. The summed E-state index contributed by atoms with van der Waals surface area (Å²) in [5.74, 6) is -0.682. The average molecular weight is 603 g/mol. The summed E-state index contributed by atoms with van der Waals surface area (Å²) >= 11 is 1.60. The predicted molar refractivity (Wildman–Crippen MR) is 163 cm³/mol. The number of nitrogens with one attached hydrogen (secondary N) is 2. The fourth-order valence-corrected chi connectivity index (χ4v) is 5.57. The SMILES string of the molecule is CCOCCOCCOCCC(=O)NC(C(=O)N1CCC[C@H]1C(=O)NCc1ccc(-c2scnc2C)cc1)C(C)(C)C. The van der Waals surface area contributed by atoms with Crippen LogP contribution in [0.15, 0.2) is 29.8 Å². The van der Waals surface area contributed by atoms with Crippen molar-refractivity contribution in [1.29, 1.82) is 0 Å². The largest absolute Gasteiger partial charge is 0.379 e. The predicted octanol–water partition coefficient (Wildman–Crippen LogP) is 3.72. The molecule has 1 aromatic heterocycles. The van der Waals surface area contributed by atoms with E-state index >= 15 is 0 Å². The molecule has 1 unspecified atom stereocenters. The van der Waals surface area contributed by atoms with Crippen molar-refractivity contribution in [1.82, 2.24) is 20.5 Å². The van der Waals surface area contributed by atoms with Crippen LogP contribution >= 0.6 is 11.3 Å². The minimum Gasteiger partial charge on any atom is -0.379 e. The van der Waals surface area contributed by atoms with Crippen molar-refractivity contribution in [3.8, 4) is 10.4 Å². The van der Waals surface area contributed by atoms with Crippen molar-refractivity contribution in [2.45, 2.75) is 72.5 Å². The van der Waals surface area contributed by atoms with Gasteiger partial charge in [0.2, 0.25) is 17.7 Å². The van der Waals surface area contributed by atoms with Gasteiger partial charge in [-0.3, -0.25) is 14.4 Å². The number of carbonyl (C=O) groups excluding carboxylic acids is 3. The molecule has 2 aromatic rings. The van der Waals surface area contributed by atoms with Gasteiger partial charge in [0.1, 0.15) is 12.1 Å². The van der Waals surface area contributed by atoms with Gasteiger partial charge in [-0.15, -0.1) is 11.3 Å². The molecule has 2 atom stereocenters. The molecule has 2 N–H and O–H groups in total. The van der Waals surface area contributed by atoms with E-state index in [1.807, 2.05) is 64.4 Å². The highest BCUT2D eigenvalue weighted by Crippen LogP contribution is 2.28. The zero-order chi connectivity index (χ0) is 30.5. The van der Waals surface area contributed by atoms with Crippen LogP contribution in [0.3, 0.4) is 0 Å². The third-order valence-corrected chi connectivity index (χ3v) is 8.08. The number of benzene rings is 1. The van der Waals surface area contributed by atoms with Gasteiger partial charge in [0.15, 0.2) is 0 Å². The van der Waals surface area contributed by atoms with E-state index in [1.54, 1.807) is 16.2 Å². The lowest BCUT2D eigenvalue weighted by Gasteiger charge is -2.35. The molecule has 1 aliphatic heterocycles. The summed E-state index contributed by atoms with van der Waals surface area (Å²) in [5, 5.41) is 5.91. The molecule has 0 radical (unpaired) electrons. The monoisotopic (exact) mass is 602 g/mol. The first-order chi connectivity index (χ1) is 20.1. The standard InChI is InChI=1S/C31H46N4O6S/c1-6-39-16-17-41-19-18-40-15-13-26(36)34-28(31(3,4)5)30(38)35-14-7-8-25(35)29(37)32-20-23-9-11-24(12-10-23)27-22(2)33-21-42-27/h9-12,21,25,28H,6-8,13-20H2,1-5H3,(H,32,37)(H,34,36)/t25-,28?/m0/s1. The fraction of sp³-hybridized carbons (Fsp3) is 0.613. The highest BCUT2D eigenvalue weighted by molar-refractivity contribution is 7.13. The van der Waals surface area contributed by atoms with Crippen LogP contribution in [-0.4, -0.2) is 85.9 Å². The van der Waals surface area contributed by atoms with Crippen LogP contribution in [0.25, 0.3) is 10.4 Å². The van der Waals surface area contributed by atoms with Crippen molar-refractivity contribution >= 4 is 29.1 Å². The number of aromatic nitrogens is 1. The molecule has 0 spiro atoms. The Hall–Kier alpha value is -2.86. The minimum absolute atomic E-state index is 0.129. The number of amides is 3. The Morgan fingerprint density at radius 1 is 1.05 bits per heavy atom. The van der Waals surface area contributed by atoms with Crippen LogP contribution in [0.5, 0.6) is 0 Å². The van der Waals surface area contributed by atoms with E-state index < -0.39 is 17.5 Å². The van der Waals surface area contributed by atoms with Crippen LogP contribution in [0, 0.1) is 12.3 Å². The maximum absolute atomic E-state index is 13.7. The van der Waals surface area contributed by atoms with Crippen molar-refractivity contribution < 1.29 is 28.6 Å². The first-order valence-corrected chi connectivity index (χ1v) is 15.6. The van der Waals surface area contributed by atoms with Gasteiger partial charge in [-0.25, -0.2) is 4.98 Å². The lowest BCUT2D eigenvalue weighted by molar-refractivity contribution is -0.144. The summed E-state index contributed by atoms with van der Waals surface area (Å²) in [6.45, 7) is 13.2. The molecular weight excluding hydrogens is 556 g/mol. The molecule has 10 nitrogen and oxygen atoms in total. The molecule has 0 saturated carbocycles. The molecule has 3 amide bonds. The topological polar surface area (TPSA) is 119 Å². The van der Waals surface area contributed by atoms with Gasteiger partial charge < -0.3 is 29.7 Å². The van der Waals surface area contributed by atoms with Crippen LogP contribution in [-0.2, 0) is 35.1 Å². The summed E-state index contributed by atoms with van der Waals surface area (Å²) in [4.78, 5) is 46.7. The van der Waals surface area contributed by atoms with Crippen molar-refractivity contribution in [2.24, 2.45) is 5.41 Å². The third-order valence-electron chi connectivity index (χ3n) is 7.11. The molecule has 1 saturated heterocycles. The first-order valence-electron chi connectivity index (χ1n) is 14.7. The molecule has 1 aliphatic rings. The van der Waals surface area contributed by atoms with Crippen molar-refractivity contribution in [3.05, 3.63) is 41.0 Å². The van der Waals surface area contributed by atoms with Crippen LogP contribution < -0.4 is 10.6 Å². The molecule has 2 heterocycles. The number of likely N-dealkylation sites (tertiary alicyclic amines) is 1. The summed E-state index contributed by atoms with van der Waals surface area (Å²) in [6, 6.07) is 6.74. The number of nitrogens with zero attached hydrogens (tertiary/aromatic N) is 2. The molecule has 0 bridgehead atoms.